The van der Waals surface area contributed by atoms with Gasteiger partial charge in [0.05, 0.1) is 15.6 Å². The molecule has 1 aromatic carbocycles. The Morgan fingerprint density at radius 3 is 2.56 bits per heavy atom. The highest BCUT2D eigenvalue weighted by molar-refractivity contribution is 9.10. The summed E-state index contributed by atoms with van der Waals surface area (Å²) in [5.41, 5.74) is 2.13. The largest absolute Gasteiger partial charge is 0.332 e. The Labute approximate surface area is 202 Å². The number of carbonyl (C=O) groups is 2. The first-order valence-corrected chi connectivity index (χ1v) is 12.6. The molecule has 2 aromatic rings. The molecule has 168 valence electrons. The van der Waals surface area contributed by atoms with Crippen molar-refractivity contribution in [2.24, 2.45) is 4.99 Å². The molecule has 2 N–H and O–H groups in total. The summed E-state index contributed by atoms with van der Waals surface area (Å²) < 4.78 is 27.4. The first kappa shape index (κ1) is 24.2. The molecule has 0 saturated heterocycles. The standard InChI is InChI=1S/C20H18BrClN4O4S2/c1-23-16-8-3-12(21)11-15(16)19(27)26(2)14-6-4-13(5-7-14)24-20(28)25-32(29,30)18-10-9-17(22)31-18/h3-4,6,8-11H,1,5,7H2,2H3,(H2,24,25,28). The third-order valence-electron chi connectivity index (χ3n) is 4.54. The average molecular weight is 558 g/mol. The molecular weight excluding hydrogens is 540 g/mol. The fraction of sp³-hybridized carbons (Fsp3) is 0.150. The minimum absolute atomic E-state index is 0.0569. The molecule has 3 rings (SSSR count). The lowest BCUT2D eigenvalue weighted by molar-refractivity contribution is 0.0832. The normalized spacial score (nSPS) is 13.6. The molecular formula is C20H18BrClN4O4S2. The van der Waals surface area contributed by atoms with Crippen molar-refractivity contribution < 1.29 is 18.0 Å². The number of carbonyl (C=O) groups excluding carboxylic acids is 2. The Kier molecular flexibility index (Phi) is 7.55. The molecule has 0 bridgehead atoms. The van der Waals surface area contributed by atoms with Crippen LogP contribution in [-0.2, 0) is 10.0 Å². The van der Waals surface area contributed by atoms with Gasteiger partial charge < -0.3 is 10.2 Å². The van der Waals surface area contributed by atoms with E-state index in [0.717, 1.165) is 21.5 Å². The molecule has 1 aliphatic carbocycles. The Morgan fingerprint density at radius 1 is 1.22 bits per heavy atom. The molecule has 3 amide bonds. The summed E-state index contributed by atoms with van der Waals surface area (Å²) in [6.07, 6.45) is 4.20. The van der Waals surface area contributed by atoms with E-state index in [2.05, 4.69) is 33.0 Å². The van der Waals surface area contributed by atoms with Crippen LogP contribution in [-0.4, -0.2) is 39.0 Å². The zero-order valence-electron chi connectivity index (χ0n) is 16.8. The number of hydrogen-bond donors (Lipinski definition) is 2. The number of nitrogens with zero attached hydrogens (tertiary/aromatic N) is 2. The van der Waals surface area contributed by atoms with E-state index < -0.39 is 16.1 Å². The summed E-state index contributed by atoms with van der Waals surface area (Å²) in [5.74, 6) is -0.247. The minimum Gasteiger partial charge on any atom is -0.315 e. The number of rotatable bonds is 6. The Hall–Kier alpha value is -2.47. The quantitative estimate of drug-likeness (QED) is 0.497. The summed E-state index contributed by atoms with van der Waals surface area (Å²) in [6.45, 7) is 3.50. The molecule has 0 saturated carbocycles. The van der Waals surface area contributed by atoms with Crippen LogP contribution in [0.3, 0.4) is 0 Å². The summed E-state index contributed by atoms with van der Waals surface area (Å²) in [7, 11) is -2.35. The van der Waals surface area contributed by atoms with Gasteiger partial charge in [0, 0.05) is 22.9 Å². The second-order valence-electron chi connectivity index (χ2n) is 6.65. The second kappa shape index (κ2) is 9.99. The number of allylic oxidation sites excluding steroid dienone is 4. The van der Waals surface area contributed by atoms with E-state index in [0.29, 0.717) is 34.1 Å². The average Bonchev–Trinajstić information content (AvgIpc) is 3.20. The zero-order chi connectivity index (χ0) is 23.5. The molecule has 1 aromatic heterocycles. The number of aliphatic imine (C=N–C) groups is 1. The van der Waals surface area contributed by atoms with Crippen LogP contribution >= 0.6 is 38.9 Å². The SMILES string of the molecule is C=Nc1ccc(Br)cc1C(=O)N(C)C1=CC=C(NC(=O)NS(=O)(=O)c2ccc(Cl)s2)CC1. The van der Waals surface area contributed by atoms with E-state index in [4.69, 9.17) is 11.6 Å². The molecule has 1 heterocycles. The van der Waals surface area contributed by atoms with Gasteiger partial charge in [0.15, 0.2) is 0 Å². The number of urea groups is 1. The van der Waals surface area contributed by atoms with Gasteiger partial charge in [0.2, 0.25) is 0 Å². The van der Waals surface area contributed by atoms with Crippen molar-refractivity contribution in [1.29, 1.82) is 0 Å². The summed E-state index contributed by atoms with van der Waals surface area (Å²) >= 11 is 9.96. The molecule has 32 heavy (non-hydrogen) atoms. The molecule has 0 radical (unpaired) electrons. The lowest BCUT2D eigenvalue weighted by Gasteiger charge is -2.24. The maximum absolute atomic E-state index is 12.9. The van der Waals surface area contributed by atoms with Crippen molar-refractivity contribution in [3.8, 4) is 0 Å². The van der Waals surface area contributed by atoms with Crippen molar-refractivity contribution in [3.63, 3.8) is 0 Å². The number of halogens is 2. The molecule has 0 fully saturated rings. The number of nitrogens with one attached hydrogen (secondary N) is 2. The summed E-state index contributed by atoms with van der Waals surface area (Å²) in [5, 5.41) is 2.52. The smallest absolute Gasteiger partial charge is 0.315 e. The van der Waals surface area contributed by atoms with Gasteiger partial charge in [-0.3, -0.25) is 9.79 Å². The van der Waals surface area contributed by atoms with Gasteiger partial charge in [-0.1, -0.05) is 27.5 Å². The highest BCUT2D eigenvalue weighted by Gasteiger charge is 2.23. The van der Waals surface area contributed by atoms with Gasteiger partial charge in [-0.25, -0.2) is 17.9 Å². The molecule has 12 heteroatoms. The Morgan fingerprint density at radius 2 is 1.97 bits per heavy atom. The van der Waals surface area contributed by atoms with Gasteiger partial charge in [0.1, 0.15) is 4.21 Å². The molecule has 1 aliphatic rings. The fourth-order valence-electron chi connectivity index (χ4n) is 2.92. The van der Waals surface area contributed by atoms with E-state index in [9.17, 15) is 18.0 Å². The van der Waals surface area contributed by atoms with Crippen LogP contribution in [0.1, 0.15) is 23.2 Å². The number of amides is 3. The van der Waals surface area contributed by atoms with Crippen LogP contribution in [0.15, 0.2) is 67.6 Å². The van der Waals surface area contributed by atoms with Crippen LogP contribution in [0.5, 0.6) is 0 Å². The van der Waals surface area contributed by atoms with Gasteiger partial charge in [-0.15, -0.1) is 11.3 Å². The predicted octanol–water partition coefficient (Wildman–Crippen LogP) is 4.82. The third-order valence-corrected chi connectivity index (χ3v) is 8.08. The Bertz CT molecular complexity index is 1250. The third kappa shape index (κ3) is 5.66. The topological polar surface area (TPSA) is 108 Å². The molecule has 0 aliphatic heterocycles. The summed E-state index contributed by atoms with van der Waals surface area (Å²) in [4.78, 5) is 30.5. The van der Waals surface area contributed by atoms with Crippen molar-refractivity contribution >= 4 is 73.2 Å². The highest BCUT2D eigenvalue weighted by atomic mass is 79.9. The van der Waals surface area contributed by atoms with Gasteiger partial charge in [-0.2, -0.15) is 0 Å². The van der Waals surface area contributed by atoms with E-state index in [-0.39, 0.29) is 10.1 Å². The first-order chi connectivity index (χ1) is 15.1. The maximum Gasteiger partial charge on any atom is 0.332 e. The van der Waals surface area contributed by atoms with Crippen molar-refractivity contribution in [1.82, 2.24) is 14.9 Å². The van der Waals surface area contributed by atoms with Crippen molar-refractivity contribution in [2.45, 2.75) is 17.1 Å². The van der Waals surface area contributed by atoms with E-state index in [1.807, 2.05) is 4.72 Å². The van der Waals surface area contributed by atoms with Gasteiger partial charge in [0.25, 0.3) is 15.9 Å². The minimum atomic E-state index is -4.01. The van der Waals surface area contributed by atoms with Crippen LogP contribution in [0, 0.1) is 0 Å². The monoisotopic (exact) mass is 556 g/mol. The lowest BCUT2D eigenvalue weighted by Crippen LogP contribution is -2.39. The number of hydrogen-bond acceptors (Lipinski definition) is 6. The number of benzene rings is 1. The molecule has 0 spiro atoms. The van der Waals surface area contributed by atoms with Crippen LogP contribution in [0.25, 0.3) is 0 Å². The van der Waals surface area contributed by atoms with E-state index in [1.165, 1.54) is 17.0 Å². The van der Waals surface area contributed by atoms with Gasteiger partial charge in [-0.05, 0) is 62.0 Å². The maximum atomic E-state index is 12.9. The first-order valence-electron chi connectivity index (χ1n) is 9.14. The van der Waals surface area contributed by atoms with Crippen LogP contribution in [0.2, 0.25) is 4.34 Å². The summed E-state index contributed by atoms with van der Waals surface area (Å²) in [6, 6.07) is 7.04. The van der Waals surface area contributed by atoms with Crippen LogP contribution in [0.4, 0.5) is 10.5 Å². The van der Waals surface area contributed by atoms with Crippen molar-refractivity contribution in [3.05, 3.63) is 68.3 Å². The van der Waals surface area contributed by atoms with E-state index >= 15 is 0 Å². The zero-order valence-corrected chi connectivity index (χ0v) is 20.7. The second-order valence-corrected chi connectivity index (χ2v) is 11.2. The lowest BCUT2D eigenvalue weighted by atomic mass is 10.1. The van der Waals surface area contributed by atoms with Crippen molar-refractivity contribution in [2.75, 3.05) is 7.05 Å². The molecule has 0 atom stereocenters. The molecule has 8 nitrogen and oxygen atoms in total. The van der Waals surface area contributed by atoms with E-state index in [1.54, 1.807) is 37.4 Å². The predicted molar refractivity (Wildman–Crippen MR) is 129 cm³/mol. The van der Waals surface area contributed by atoms with Gasteiger partial charge >= 0.3 is 6.03 Å². The molecule has 0 unspecified atom stereocenters. The van der Waals surface area contributed by atoms with Crippen LogP contribution < -0.4 is 10.0 Å². The number of thiophene rings is 1. The number of sulfonamides is 1. The fourth-order valence-corrected chi connectivity index (χ4v) is 5.68. The highest BCUT2D eigenvalue weighted by Crippen LogP contribution is 2.28. The Balaban J connectivity index is 1.67.